The lowest BCUT2D eigenvalue weighted by Crippen LogP contribution is -2.35. The van der Waals surface area contributed by atoms with Crippen molar-refractivity contribution in [1.82, 2.24) is 20.1 Å². The highest BCUT2D eigenvalue weighted by Crippen LogP contribution is 2.29. The van der Waals surface area contributed by atoms with Crippen LogP contribution in [0.15, 0.2) is 22.7 Å². The van der Waals surface area contributed by atoms with Gasteiger partial charge in [-0.2, -0.15) is 0 Å². The van der Waals surface area contributed by atoms with E-state index >= 15 is 0 Å². The zero-order valence-electron chi connectivity index (χ0n) is 14.5. The highest BCUT2D eigenvalue weighted by molar-refractivity contribution is 6.16. The molecule has 1 fully saturated rings. The smallest absolute Gasteiger partial charge is 0.410 e. The van der Waals surface area contributed by atoms with Crippen molar-refractivity contribution in [1.29, 1.82) is 0 Å². The van der Waals surface area contributed by atoms with Crippen LogP contribution in [0.25, 0.3) is 11.6 Å². The fourth-order valence-electron chi connectivity index (χ4n) is 2.71. The molecule has 1 unspecified atom stereocenters. The number of hydrogen-bond acceptors (Lipinski definition) is 6. The zero-order chi connectivity index (χ0) is 18.0. The number of nitrogens with zero attached hydrogens (tertiary/aromatic N) is 4. The van der Waals surface area contributed by atoms with Crippen LogP contribution in [-0.4, -0.2) is 44.9 Å². The van der Waals surface area contributed by atoms with Crippen LogP contribution in [0, 0.1) is 0 Å². The zero-order valence-corrected chi connectivity index (χ0v) is 15.3. The summed E-state index contributed by atoms with van der Waals surface area (Å²) in [6, 6.07) is 3.83. The molecule has 1 aliphatic heterocycles. The topological polar surface area (TPSA) is 81.4 Å². The molecular formula is C17H21ClN4O3. The SMILES string of the molecule is CC(C)(C)OC(=O)N1CCC(c2ccc(-c3nnc(CCl)o3)nc2)C1. The van der Waals surface area contributed by atoms with E-state index in [4.69, 9.17) is 20.8 Å². The van der Waals surface area contributed by atoms with Crippen molar-refractivity contribution in [2.45, 2.75) is 44.6 Å². The molecule has 1 aliphatic rings. The van der Waals surface area contributed by atoms with Gasteiger partial charge in [-0.25, -0.2) is 4.79 Å². The Kier molecular flexibility index (Phi) is 4.94. The fourth-order valence-corrected chi connectivity index (χ4v) is 2.82. The summed E-state index contributed by atoms with van der Waals surface area (Å²) in [5.41, 5.74) is 1.20. The van der Waals surface area contributed by atoms with Crippen molar-refractivity contribution in [2.75, 3.05) is 13.1 Å². The van der Waals surface area contributed by atoms with Crippen LogP contribution in [0.4, 0.5) is 4.79 Å². The first-order valence-corrected chi connectivity index (χ1v) is 8.72. The normalized spacial score (nSPS) is 17.8. The van der Waals surface area contributed by atoms with Crippen molar-refractivity contribution < 1.29 is 13.9 Å². The first kappa shape index (κ1) is 17.7. The van der Waals surface area contributed by atoms with Crippen LogP contribution in [0.1, 0.15) is 44.6 Å². The summed E-state index contributed by atoms with van der Waals surface area (Å²) in [6.45, 7) is 6.92. The Morgan fingerprint density at radius 1 is 1.40 bits per heavy atom. The molecule has 2 aromatic heterocycles. The molecule has 3 rings (SSSR count). The van der Waals surface area contributed by atoms with Crippen molar-refractivity contribution >= 4 is 17.7 Å². The lowest BCUT2D eigenvalue weighted by atomic mass is 10.0. The summed E-state index contributed by atoms with van der Waals surface area (Å²) in [6.07, 6.45) is 2.42. The number of aromatic nitrogens is 3. The minimum Gasteiger partial charge on any atom is -0.444 e. The molecule has 0 bridgehead atoms. The lowest BCUT2D eigenvalue weighted by Gasteiger charge is -2.24. The Labute approximate surface area is 151 Å². The number of ether oxygens (including phenoxy) is 1. The van der Waals surface area contributed by atoms with Gasteiger partial charge in [-0.1, -0.05) is 6.07 Å². The number of carbonyl (C=O) groups is 1. The Balaban J connectivity index is 1.64. The van der Waals surface area contributed by atoms with Gasteiger partial charge in [0.25, 0.3) is 5.89 Å². The van der Waals surface area contributed by atoms with Gasteiger partial charge in [0.05, 0.1) is 0 Å². The fraction of sp³-hybridized carbons (Fsp3) is 0.529. The Morgan fingerprint density at radius 2 is 2.20 bits per heavy atom. The molecule has 0 spiro atoms. The van der Waals surface area contributed by atoms with Crippen molar-refractivity contribution in [3.05, 3.63) is 29.8 Å². The highest BCUT2D eigenvalue weighted by atomic mass is 35.5. The van der Waals surface area contributed by atoms with E-state index in [1.54, 1.807) is 11.1 Å². The maximum absolute atomic E-state index is 12.2. The van der Waals surface area contributed by atoms with Gasteiger partial charge in [-0.05, 0) is 38.8 Å². The number of rotatable bonds is 3. The third-order valence-corrected chi connectivity index (χ3v) is 4.13. The largest absolute Gasteiger partial charge is 0.444 e. The number of likely N-dealkylation sites (tertiary alicyclic amines) is 1. The van der Waals surface area contributed by atoms with E-state index in [9.17, 15) is 4.79 Å². The third kappa shape index (κ3) is 4.28. The summed E-state index contributed by atoms with van der Waals surface area (Å²) in [5, 5.41) is 7.74. The average molecular weight is 365 g/mol. The van der Waals surface area contributed by atoms with E-state index < -0.39 is 5.60 Å². The van der Waals surface area contributed by atoms with E-state index in [-0.39, 0.29) is 17.9 Å². The molecule has 0 saturated carbocycles. The molecule has 1 amide bonds. The van der Waals surface area contributed by atoms with Crippen molar-refractivity contribution in [3.63, 3.8) is 0 Å². The summed E-state index contributed by atoms with van der Waals surface area (Å²) >= 11 is 5.66. The molecule has 3 heterocycles. The standard InChI is InChI=1S/C17H21ClN4O3/c1-17(2,3)25-16(23)22-7-6-12(10-22)11-4-5-13(19-9-11)15-21-20-14(8-18)24-15/h4-5,9,12H,6-8,10H2,1-3H3. The van der Waals surface area contributed by atoms with E-state index in [1.807, 2.05) is 32.9 Å². The van der Waals surface area contributed by atoms with Crippen LogP contribution in [0.2, 0.25) is 0 Å². The number of alkyl halides is 1. The number of amides is 1. The van der Waals surface area contributed by atoms with E-state index in [0.717, 1.165) is 12.0 Å². The van der Waals surface area contributed by atoms with Crippen LogP contribution < -0.4 is 0 Å². The van der Waals surface area contributed by atoms with Crippen LogP contribution in [0.3, 0.4) is 0 Å². The van der Waals surface area contributed by atoms with Crippen LogP contribution in [0.5, 0.6) is 0 Å². The summed E-state index contributed by atoms with van der Waals surface area (Å²) in [5.74, 6) is 1.14. The summed E-state index contributed by atoms with van der Waals surface area (Å²) in [7, 11) is 0. The number of carbonyl (C=O) groups excluding carboxylic acids is 1. The molecule has 25 heavy (non-hydrogen) atoms. The lowest BCUT2D eigenvalue weighted by molar-refractivity contribution is 0.0292. The first-order chi connectivity index (χ1) is 11.9. The van der Waals surface area contributed by atoms with Gasteiger partial charge < -0.3 is 14.1 Å². The summed E-state index contributed by atoms with van der Waals surface area (Å²) < 4.78 is 10.8. The van der Waals surface area contributed by atoms with Crippen molar-refractivity contribution in [2.24, 2.45) is 0 Å². The minimum absolute atomic E-state index is 0.174. The van der Waals surface area contributed by atoms with Crippen LogP contribution in [-0.2, 0) is 10.6 Å². The molecule has 0 aliphatic carbocycles. The predicted molar refractivity (Wildman–Crippen MR) is 92.3 cm³/mol. The van der Waals surface area contributed by atoms with Gasteiger partial charge in [0.1, 0.15) is 17.2 Å². The second-order valence-electron chi connectivity index (χ2n) is 7.02. The molecular weight excluding hydrogens is 344 g/mol. The van der Waals surface area contributed by atoms with E-state index in [2.05, 4.69) is 15.2 Å². The number of halogens is 1. The van der Waals surface area contributed by atoms with Gasteiger partial charge >= 0.3 is 6.09 Å². The molecule has 2 aromatic rings. The van der Waals surface area contributed by atoms with Gasteiger partial charge in [-0.3, -0.25) is 4.98 Å². The second-order valence-corrected chi connectivity index (χ2v) is 7.29. The summed E-state index contributed by atoms with van der Waals surface area (Å²) in [4.78, 5) is 18.3. The molecule has 1 saturated heterocycles. The monoisotopic (exact) mass is 364 g/mol. The third-order valence-electron chi connectivity index (χ3n) is 3.90. The molecule has 0 radical (unpaired) electrons. The average Bonchev–Trinajstić information content (AvgIpc) is 3.23. The molecule has 1 atom stereocenters. The highest BCUT2D eigenvalue weighted by Gasteiger charge is 2.30. The number of hydrogen-bond donors (Lipinski definition) is 0. The maximum atomic E-state index is 12.2. The Morgan fingerprint density at radius 3 is 2.80 bits per heavy atom. The van der Waals surface area contributed by atoms with Crippen LogP contribution >= 0.6 is 11.6 Å². The Hall–Kier alpha value is -2.15. The van der Waals surface area contributed by atoms with E-state index in [1.165, 1.54) is 0 Å². The van der Waals surface area contributed by atoms with E-state index in [0.29, 0.717) is 30.6 Å². The van der Waals surface area contributed by atoms with Gasteiger partial charge in [0.15, 0.2) is 0 Å². The molecule has 0 N–H and O–H groups in total. The maximum Gasteiger partial charge on any atom is 0.410 e. The molecule has 8 heteroatoms. The number of pyridine rings is 1. The predicted octanol–water partition coefficient (Wildman–Crippen LogP) is 3.59. The van der Waals surface area contributed by atoms with Gasteiger partial charge in [-0.15, -0.1) is 21.8 Å². The van der Waals surface area contributed by atoms with Crippen molar-refractivity contribution in [3.8, 4) is 11.6 Å². The van der Waals surface area contributed by atoms with Gasteiger partial charge in [0, 0.05) is 25.2 Å². The Bertz CT molecular complexity index is 739. The van der Waals surface area contributed by atoms with Gasteiger partial charge in [0.2, 0.25) is 5.89 Å². The molecule has 0 aromatic carbocycles. The first-order valence-electron chi connectivity index (χ1n) is 8.18. The second kappa shape index (κ2) is 7.00. The molecule has 7 nitrogen and oxygen atoms in total. The quantitative estimate of drug-likeness (QED) is 0.774. The molecule has 134 valence electrons. The minimum atomic E-state index is -0.482.